The Morgan fingerprint density at radius 3 is 2.17 bits per heavy atom. The molecule has 0 N–H and O–H groups in total. The predicted molar refractivity (Wildman–Crippen MR) is 94.1 cm³/mol. The Morgan fingerprint density at radius 2 is 1.70 bits per heavy atom. The molecule has 0 radical (unpaired) electrons. The van der Waals surface area contributed by atoms with E-state index in [9.17, 15) is 4.79 Å². The van der Waals surface area contributed by atoms with E-state index in [1.54, 1.807) is 6.92 Å². The summed E-state index contributed by atoms with van der Waals surface area (Å²) >= 11 is 0. The van der Waals surface area contributed by atoms with Crippen molar-refractivity contribution in [1.29, 1.82) is 0 Å². The first kappa shape index (κ1) is 17.7. The summed E-state index contributed by atoms with van der Waals surface area (Å²) < 4.78 is 5.66. The van der Waals surface area contributed by atoms with Crippen LogP contribution in [0.2, 0.25) is 0 Å². The second-order valence-electron chi connectivity index (χ2n) is 7.91. The van der Waals surface area contributed by atoms with Gasteiger partial charge in [0.25, 0.3) is 0 Å². The van der Waals surface area contributed by atoms with Gasteiger partial charge in [-0.15, -0.1) is 0 Å². The standard InChI is InChI=1S/C20H29NO2/c1-15(2)18(22)23-17-12-19(3,4)21(20(5,6)13-17)14-16-10-8-7-9-11-16/h7-11,17H,1,12-14H2,2-6H3. The van der Waals surface area contributed by atoms with Crippen LogP contribution in [-0.4, -0.2) is 28.1 Å². The number of carbonyl (C=O) groups excluding carboxylic acids is 1. The molecule has 0 bridgehead atoms. The van der Waals surface area contributed by atoms with Crippen LogP contribution < -0.4 is 0 Å². The van der Waals surface area contributed by atoms with Gasteiger partial charge in [-0.2, -0.15) is 0 Å². The molecule has 1 aromatic rings. The number of carbonyl (C=O) groups is 1. The molecule has 0 amide bonds. The molecule has 23 heavy (non-hydrogen) atoms. The van der Waals surface area contributed by atoms with Crippen molar-refractivity contribution >= 4 is 5.97 Å². The summed E-state index contributed by atoms with van der Waals surface area (Å²) in [5.74, 6) is -0.280. The molecular formula is C20H29NO2. The first-order valence-electron chi connectivity index (χ1n) is 8.30. The molecule has 1 aromatic carbocycles. The van der Waals surface area contributed by atoms with Crippen molar-refractivity contribution in [2.45, 2.75) is 71.2 Å². The maximum atomic E-state index is 11.9. The lowest BCUT2D eigenvalue weighted by Gasteiger charge is -2.55. The third-order valence-corrected chi connectivity index (χ3v) is 4.72. The zero-order chi connectivity index (χ0) is 17.3. The molecule has 2 rings (SSSR count). The third kappa shape index (κ3) is 4.23. The largest absolute Gasteiger partial charge is 0.459 e. The van der Waals surface area contributed by atoms with Crippen LogP contribution in [0.1, 0.15) is 53.0 Å². The van der Waals surface area contributed by atoms with E-state index in [1.807, 2.05) is 6.07 Å². The first-order chi connectivity index (χ1) is 10.6. The van der Waals surface area contributed by atoms with E-state index in [4.69, 9.17) is 4.74 Å². The number of benzene rings is 1. The van der Waals surface area contributed by atoms with Crippen LogP contribution in [0.4, 0.5) is 0 Å². The SMILES string of the molecule is C=C(C)C(=O)OC1CC(C)(C)N(Cc2ccccc2)C(C)(C)C1. The number of rotatable bonds is 4. The Kier molecular flexibility index (Phi) is 5.00. The number of ether oxygens (including phenoxy) is 1. The zero-order valence-corrected chi connectivity index (χ0v) is 15.1. The Labute approximate surface area is 140 Å². The van der Waals surface area contributed by atoms with Gasteiger partial charge in [0.2, 0.25) is 0 Å². The van der Waals surface area contributed by atoms with Crippen molar-refractivity contribution in [3.63, 3.8) is 0 Å². The molecule has 1 fully saturated rings. The highest BCUT2D eigenvalue weighted by Crippen LogP contribution is 2.40. The van der Waals surface area contributed by atoms with Gasteiger partial charge >= 0.3 is 5.97 Å². The van der Waals surface area contributed by atoms with Crippen molar-refractivity contribution in [2.75, 3.05) is 0 Å². The average Bonchev–Trinajstić information content (AvgIpc) is 2.43. The molecule has 3 heteroatoms. The van der Waals surface area contributed by atoms with Gasteiger partial charge in [-0.1, -0.05) is 36.9 Å². The van der Waals surface area contributed by atoms with E-state index >= 15 is 0 Å². The second-order valence-corrected chi connectivity index (χ2v) is 7.91. The average molecular weight is 315 g/mol. The molecule has 0 aliphatic carbocycles. The van der Waals surface area contributed by atoms with Gasteiger partial charge in [0.05, 0.1) is 0 Å². The van der Waals surface area contributed by atoms with Gasteiger partial charge in [-0.05, 0) is 40.2 Å². The maximum absolute atomic E-state index is 11.9. The van der Waals surface area contributed by atoms with E-state index in [0.717, 1.165) is 19.4 Å². The van der Waals surface area contributed by atoms with Gasteiger partial charge < -0.3 is 4.74 Å². The summed E-state index contributed by atoms with van der Waals surface area (Å²) in [7, 11) is 0. The van der Waals surface area contributed by atoms with Crippen LogP contribution in [0.15, 0.2) is 42.5 Å². The second kappa shape index (κ2) is 6.48. The quantitative estimate of drug-likeness (QED) is 0.612. The molecule has 126 valence electrons. The minimum atomic E-state index is -0.280. The van der Waals surface area contributed by atoms with Gasteiger partial charge in [-0.3, -0.25) is 4.90 Å². The van der Waals surface area contributed by atoms with Crippen LogP contribution >= 0.6 is 0 Å². The van der Waals surface area contributed by atoms with Crippen LogP contribution in [-0.2, 0) is 16.1 Å². The molecule has 3 nitrogen and oxygen atoms in total. The van der Waals surface area contributed by atoms with Crippen molar-refractivity contribution < 1.29 is 9.53 Å². The minimum Gasteiger partial charge on any atom is -0.459 e. The predicted octanol–water partition coefficient (Wildman–Crippen LogP) is 4.33. The summed E-state index contributed by atoms with van der Waals surface area (Å²) in [6.07, 6.45) is 1.61. The number of likely N-dealkylation sites (tertiary alicyclic amines) is 1. The smallest absolute Gasteiger partial charge is 0.333 e. The summed E-state index contributed by atoms with van der Waals surface area (Å²) in [6.45, 7) is 15.2. The fraction of sp³-hybridized carbons (Fsp3) is 0.550. The fourth-order valence-electron chi connectivity index (χ4n) is 3.76. The lowest BCUT2D eigenvalue weighted by Crippen LogP contribution is -2.61. The van der Waals surface area contributed by atoms with Gasteiger partial charge in [0.15, 0.2) is 0 Å². The Hall–Kier alpha value is -1.61. The summed E-state index contributed by atoms with van der Waals surface area (Å²) in [6, 6.07) is 10.5. The number of piperidine rings is 1. The van der Waals surface area contributed by atoms with Gasteiger partial charge in [-0.25, -0.2) is 4.79 Å². The zero-order valence-electron chi connectivity index (χ0n) is 15.1. The topological polar surface area (TPSA) is 29.5 Å². The van der Waals surface area contributed by atoms with Crippen LogP contribution in [0, 0.1) is 0 Å². The number of hydrogen-bond acceptors (Lipinski definition) is 3. The lowest BCUT2D eigenvalue weighted by atomic mass is 9.77. The minimum absolute atomic E-state index is 0.0440. The molecular weight excluding hydrogens is 286 g/mol. The monoisotopic (exact) mass is 315 g/mol. The van der Waals surface area contributed by atoms with Crippen LogP contribution in [0.25, 0.3) is 0 Å². The number of esters is 1. The van der Waals surface area contributed by atoms with E-state index in [0.29, 0.717) is 5.57 Å². The van der Waals surface area contributed by atoms with Crippen molar-refractivity contribution in [2.24, 2.45) is 0 Å². The molecule has 0 spiro atoms. The van der Waals surface area contributed by atoms with E-state index < -0.39 is 0 Å². The fourth-order valence-corrected chi connectivity index (χ4v) is 3.76. The Bertz CT molecular complexity index is 557. The molecule has 0 saturated carbocycles. The van der Waals surface area contributed by atoms with Crippen molar-refractivity contribution in [3.05, 3.63) is 48.0 Å². The van der Waals surface area contributed by atoms with E-state index in [1.165, 1.54) is 5.56 Å². The first-order valence-corrected chi connectivity index (χ1v) is 8.30. The normalized spacial score (nSPS) is 20.9. The van der Waals surface area contributed by atoms with Crippen LogP contribution in [0.3, 0.4) is 0 Å². The summed E-state index contributed by atoms with van der Waals surface area (Å²) in [5, 5.41) is 0. The molecule has 1 aliphatic heterocycles. The summed E-state index contributed by atoms with van der Waals surface area (Å²) in [4.78, 5) is 14.4. The highest BCUT2D eigenvalue weighted by molar-refractivity contribution is 5.87. The molecule has 0 atom stereocenters. The Balaban J connectivity index is 2.16. The highest BCUT2D eigenvalue weighted by Gasteiger charge is 2.46. The Morgan fingerprint density at radius 1 is 1.17 bits per heavy atom. The third-order valence-electron chi connectivity index (χ3n) is 4.72. The lowest BCUT2D eigenvalue weighted by molar-refractivity contribution is -0.156. The van der Waals surface area contributed by atoms with E-state index in [-0.39, 0.29) is 23.2 Å². The van der Waals surface area contributed by atoms with Crippen molar-refractivity contribution in [1.82, 2.24) is 4.90 Å². The maximum Gasteiger partial charge on any atom is 0.333 e. The van der Waals surface area contributed by atoms with Gasteiger partial charge in [0.1, 0.15) is 6.10 Å². The van der Waals surface area contributed by atoms with Crippen LogP contribution in [0.5, 0.6) is 0 Å². The molecule has 1 aliphatic rings. The van der Waals surface area contributed by atoms with Gasteiger partial charge in [0, 0.05) is 36.0 Å². The molecule has 1 saturated heterocycles. The molecule has 0 aromatic heterocycles. The number of hydrogen-bond donors (Lipinski definition) is 0. The molecule has 1 heterocycles. The molecule has 0 unspecified atom stereocenters. The van der Waals surface area contributed by atoms with E-state index in [2.05, 4.69) is 63.4 Å². The number of nitrogens with zero attached hydrogens (tertiary/aromatic N) is 1. The summed E-state index contributed by atoms with van der Waals surface area (Å²) in [5.41, 5.74) is 1.69. The highest BCUT2D eigenvalue weighted by atomic mass is 16.5. The van der Waals surface area contributed by atoms with Crippen molar-refractivity contribution in [3.8, 4) is 0 Å².